The number of hydrogen-bond acceptors (Lipinski definition) is 7. The number of nitrogens with zero attached hydrogens (tertiary/aromatic N) is 1. The van der Waals surface area contributed by atoms with Gasteiger partial charge in [-0.2, -0.15) is 0 Å². The van der Waals surface area contributed by atoms with Gasteiger partial charge in [-0.3, -0.25) is 24.2 Å². The first kappa shape index (κ1) is 25.6. The predicted octanol–water partition coefficient (Wildman–Crippen LogP) is -4.44. The summed E-state index contributed by atoms with van der Waals surface area (Å²) in [6.07, 6.45) is -0.569. The lowest BCUT2D eigenvalue weighted by Gasteiger charge is -2.22. The van der Waals surface area contributed by atoms with E-state index in [0.717, 1.165) is 0 Å². The van der Waals surface area contributed by atoms with Crippen LogP contribution in [0.2, 0.25) is 0 Å². The minimum atomic E-state index is -1.45. The van der Waals surface area contributed by atoms with Crippen molar-refractivity contribution in [1.29, 1.82) is 0 Å². The van der Waals surface area contributed by atoms with Crippen LogP contribution < -0.4 is 39.3 Å². The van der Waals surface area contributed by atoms with Gasteiger partial charge in [0.1, 0.15) is 12.1 Å². The second-order valence-corrected chi connectivity index (χ2v) is 6.19. The smallest absolute Gasteiger partial charge is 0.326 e. The van der Waals surface area contributed by atoms with Gasteiger partial charge in [-0.25, -0.2) is 4.79 Å². The van der Waals surface area contributed by atoms with Gasteiger partial charge < -0.3 is 44.4 Å². The number of rotatable bonds is 14. The second-order valence-electron chi connectivity index (χ2n) is 6.19. The molecule has 0 aliphatic rings. The van der Waals surface area contributed by atoms with Crippen molar-refractivity contribution in [3.05, 3.63) is 0 Å². The number of carboxylic acid groups (broad SMARTS) is 1. The van der Waals surface area contributed by atoms with Crippen LogP contribution in [0.3, 0.4) is 0 Å². The molecule has 0 heterocycles. The molecule has 0 aliphatic carbocycles. The van der Waals surface area contributed by atoms with Gasteiger partial charge in [-0.15, -0.1) is 0 Å². The van der Waals surface area contributed by atoms with Crippen LogP contribution in [0.15, 0.2) is 4.99 Å². The Balaban J connectivity index is 4.99. The van der Waals surface area contributed by atoms with Crippen LogP contribution >= 0.6 is 0 Å². The molecule has 3 atom stereocenters. The Bertz CT molecular complexity index is 649. The van der Waals surface area contributed by atoms with E-state index >= 15 is 0 Å². The number of nitrogens with two attached hydrogens (primary N) is 5. The molecule has 14 heteroatoms. The SMILES string of the molecule is NC(=O)CCC(N)C(=O)NC(CC(N)=O)C(=O)NC(CCCN=C(N)N)C(=O)O. The van der Waals surface area contributed by atoms with E-state index < -0.39 is 54.1 Å². The Hall–Kier alpha value is -3.42. The van der Waals surface area contributed by atoms with Crippen LogP contribution in [0.4, 0.5) is 0 Å². The predicted molar refractivity (Wildman–Crippen MR) is 102 cm³/mol. The highest BCUT2D eigenvalue weighted by Gasteiger charge is 2.29. The first-order valence-electron chi connectivity index (χ1n) is 8.65. The topological polar surface area (TPSA) is 272 Å². The van der Waals surface area contributed by atoms with Crippen LogP contribution in [0.25, 0.3) is 0 Å². The number of primary amides is 2. The van der Waals surface area contributed by atoms with Crippen molar-refractivity contribution in [3.63, 3.8) is 0 Å². The lowest BCUT2D eigenvalue weighted by atomic mass is 10.1. The van der Waals surface area contributed by atoms with E-state index in [2.05, 4.69) is 15.6 Å². The molecule has 164 valence electrons. The quantitative estimate of drug-likeness (QED) is 0.0769. The maximum Gasteiger partial charge on any atom is 0.326 e. The van der Waals surface area contributed by atoms with Crippen LogP contribution in [0, 0.1) is 0 Å². The number of guanidine groups is 1. The van der Waals surface area contributed by atoms with Crippen molar-refractivity contribution >= 4 is 35.6 Å². The summed E-state index contributed by atoms with van der Waals surface area (Å²) in [6, 6.07) is -3.92. The third kappa shape index (κ3) is 11.8. The molecule has 0 spiro atoms. The van der Waals surface area contributed by atoms with Crippen molar-refractivity contribution in [2.24, 2.45) is 33.7 Å². The maximum absolute atomic E-state index is 12.4. The monoisotopic (exact) mass is 416 g/mol. The normalized spacial score (nSPS) is 13.4. The minimum Gasteiger partial charge on any atom is -0.480 e. The number of nitrogens with one attached hydrogen (secondary N) is 2. The number of carbonyl (C=O) groups is 5. The summed E-state index contributed by atoms with van der Waals surface area (Å²) in [4.78, 5) is 61.5. The fraction of sp³-hybridized carbons (Fsp3) is 0.600. The largest absolute Gasteiger partial charge is 0.480 e. The Morgan fingerprint density at radius 3 is 1.93 bits per heavy atom. The maximum atomic E-state index is 12.4. The van der Waals surface area contributed by atoms with E-state index in [1.165, 1.54) is 0 Å². The molecule has 0 fully saturated rings. The summed E-state index contributed by atoms with van der Waals surface area (Å²) in [6.45, 7) is 0.151. The molecule has 13 N–H and O–H groups in total. The number of aliphatic imine (C=N–C) groups is 1. The second kappa shape index (κ2) is 12.9. The van der Waals surface area contributed by atoms with Crippen molar-refractivity contribution in [3.8, 4) is 0 Å². The number of carboxylic acids is 1. The molecule has 4 amide bonds. The van der Waals surface area contributed by atoms with E-state index in [4.69, 9.17) is 28.7 Å². The van der Waals surface area contributed by atoms with E-state index in [9.17, 15) is 29.1 Å². The van der Waals surface area contributed by atoms with Crippen molar-refractivity contribution < 1.29 is 29.1 Å². The molecule has 0 aliphatic heterocycles. The van der Waals surface area contributed by atoms with Gasteiger partial charge in [-0.1, -0.05) is 0 Å². The molecule has 0 saturated carbocycles. The van der Waals surface area contributed by atoms with Crippen molar-refractivity contribution in [1.82, 2.24) is 10.6 Å². The van der Waals surface area contributed by atoms with E-state index in [1.54, 1.807) is 0 Å². The van der Waals surface area contributed by atoms with E-state index in [-0.39, 0.29) is 38.2 Å². The van der Waals surface area contributed by atoms with Crippen LogP contribution in [0.1, 0.15) is 32.1 Å². The number of aliphatic carboxylic acids is 1. The summed E-state index contributed by atoms with van der Waals surface area (Å²) in [5.74, 6) is -4.82. The summed E-state index contributed by atoms with van der Waals surface area (Å²) in [5.41, 5.74) is 26.0. The zero-order valence-electron chi connectivity index (χ0n) is 15.8. The summed E-state index contributed by atoms with van der Waals surface area (Å²) < 4.78 is 0. The lowest BCUT2D eigenvalue weighted by molar-refractivity contribution is -0.142. The molecular formula is C15H28N8O6. The van der Waals surface area contributed by atoms with Gasteiger partial charge in [0.2, 0.25) is 23.6 Å². The fourth-order valence-electron chi connectivity index (χ4n) is 2.15. The Morgan fingerprint density at radius 2 is 1.45 bits per heavy atom. The third-order valence-corrected chi connectivity index (χ3v) is 3.64. The molecule has 3 unspecified atom stereocenters. The molecule has 0 saturated heterocycles. The highest BCUT2D eigenvalue weighted by Crippen LogP contribution is 2.02. The van der Waals surface area contributed by atoms with Gasteiger partial charge in [-0.05, 0) is 19.3 Å². The van der Waals surface area contributed by atoms with Crippen LogP contribution in [-0.2, 0) is 24.0 Å². The van der Waals surface area contributed by atoms with Gasteiger partial charge >= 0.3 is 5.97 Å². The van der Waals surface area contributed by atoms with Crippen molar-refractivity contribution in [2.45, 2.75) is 50.2 Å². The first-order valence-corrected chi connectivity index (χ1v) is 8.65. The van der Waals surface area contributed by atoms with Gasteiger partial charge in [0.05, 0.1) is 12.5 Å². The average Bonchev–Trinajstić information content (AvgIpc) is 2.60. The fourth-order valence-corrected chi connectivity index (χ4v) is 2.15. The van der Waals surface area contributed by atoms with Gasteiger partial charge in [0, 0.05) is 13.0 Å². The van der Waals surface area contributed by atoms with E-state index in [0.29, 0.717) is 0 Å². The zero-order chi connectivity index (χ0) is 22.6. The van der Waals surface area contributed by atoms with Gasteiger partial charge in [0.25, 0.3) is 0 Å². The first-order chi connectivity index (χ1) is 13.4. The van der Waals surface area contributed by atoms with E-state index in [1.807, 2.05) is 0 Å². The molecule has 29 heavy (non-hydrogen) atoms. The third-order valence-electron chi connectivity index (χ3n) is 3.64. The highest BCUT2D eigenvalue weighted by molar-refractivity contribution is 5.94. The lowest BCUT2D eigenvalue weighted by Crippen LogP contribution is -2.55. The van der Waals surface area contributed by atoms with Crippen LogP contribution in [-0.4, -0.2) is 65.3 Å². The minimum absolute atomic E-state index is 0.00673. The molecule has 0 aromatic rings. The zero-order valence-corrected chi connectivity index (χ0v) is 15.8. The Labute approximate surface area is 166 Å². The molecule has 0 bridgehead atoms. The molecule has 14 nitrogen and oxygen atoms in total. The summed E-state index contributed by atoms with van der Waals surface area (Å²) in [5, 5.41) is 13.7. The Morgan fingerprint density at radius 1 is 0.862 bits per heavy atom. The van der Waals surface area contributed by atoms with Crippen molar-refractivity contribution in [2.75, 3.05) is 6.54 Å². The average molecular weight is 416 g/mol. The summed E-state index contributed by atoms with van der Waals surface area (Å²) in [7, 11) is 0. The Kier molecular flexibility index (Phi) is 11.4. The number of hydrogen-bond donors (Lipinski definition) is 8. The number of amides is 4. The molecular weight excluding hydrogens is 388 g/mol. The molecule has 0 radical (unpaired) electrons. The van der Waals surface area contributed by atoms with Crippen LogP contribution in [0.5, 0.6) is 0 Å². The molecule has 0 aromatic carbocycles. The number of carbonyl (C=O) groups excluding carboxylic acids is 4. The van der Waals surface area contributed by atoms with Gasteiger partial charge in [0.15, 0.2) is 5.96 Å². The summed E-state index contributed by atoms with van der Waals surface area (Å²) >= 11 is 0. The molecule has 0 aromatic heterocycles. The highest BCUT2D eigenvalue weighted by atomic mass is 16.4. The standard InChI is InChI=1S/C15H28N8O6/c16-7(3-4-10(17)24)12(26)23-9(6-11(18)25)13(27)22-8(14(28)29)2-1-5-21-15(19)20/h7-9H,1-6,16H2,(H2,17,24)(H2,18,25)(H,22,27)(H,23,26)(H,28,29)(H4,19,20,21). The molecule has 0 rings (SSSR count).